The van der Waals surface area contributed by atoms with Crippen LogP contribution in [-0.2, 0) is 0 Å². The Kier molecular flexibility index (Phi) is 14.3. The van der Waals surface area contributed by atoms with Crippen LogP contribution in [0.15, 0.2) is 0 Å². The van der Waals surface area contributed by atoms with Gasteiger partial charge in [0.2, 0.25) is 0 Å². The van der Waals surface area contributed by atoms with Crippen molar-refractivity contribution in [1.29, 1.82) is 0 Å². The van der Waals surface area contributed by atoms with Crippen LogP contribution in [-0.4, -0.2) is 61.7 Å². The normalized spacial score (nSPS) is 40.9. The lowest BCUT2D eigenvalue weighted by atomic mass is 9.66. The van der Waals surface area contributed by atoms with Crippen LogP contribution in [0.3, 0.4) is 0 Å². The zero-order chi connectivity index (χ0) is 26.1. The van der Waals surface area contributed by atoms with E-state index in [0.29, 0.717) is 5.54 Å². The fraction of sp³-hybridized carbons (Fsp3) is 1.00. The standard InChI is InChI=1S/2C11H23N.C9H19N/c1-5-11(12-4)9(2)7-6-8-10(11)3;1-5-10-7-12(4)8-11(6-2)9(10)3;1-5-8-7(3)9(6-2)10(8)4/h9-10,12H,5-8H2,1-4H3;9-11H,5-8H2,1-4H3;7-9H,5-6H2,1-4H3. The summed E-state index contributed by atoms with van der Waals surface area (Å²) in [5.74, 6) is 5.44. The smallest absolute Gasteiger partial charge is 0.0226 e. The summed E-state index contributed by atoms with van der Waals surface area (Å²) >= 11 is 0. The molecule has 2 heterocycles. The van der Waals surface area contributed by atoms with Crippen molar-refractivity contribution in [2.75, 3.05) is 34.2 Å². The summed E-state index contributed by atoms with van der Waals surface area (Å²) in [6.45, 7) is 23.8. The van der Waals surface area contributed by atoms with Crippen molar-refractivity contribution in [3.8, 4) is 0 Å². The molecule has 204 valence electrons. The molecule has 3 nitrogen and oxygen atoms in total. The van der Waals surface area contributed by atoms with Gasteiger partial charge in [-0.3, -0.25) is 4.90 Å². The largest absolute Gasteiger partial charge is 0.314 e. The second kappa shape index (κ2) is 15.2. The van der Waals surface area contributed by atoms with Gasteiger partial charge in [-0.15, -0.1) is 0 Å². The third-order valence-electron chi connectivity index (χ3n) is 10.8. The fourth-order valence-corrected chi connectivity index (χ4v) is 8.15. The summed E-state index contributed by atoms with van der Waals surface area (Å²) < 4.78 is 0. The van der Waals surface area contributed by atoms with Gasteiger partial charge in [-0.05, 0) is 88.8 Å². The quantitative estimate of drug-likeness (QED) is 0.424. The van der Waals surface area contributed by atoms with Crippen molar-refractivity contribution < 1.29 is 0 Å². The predicted molar refractivity (Wildman–Crippen MR) is 154 cm³/mol. The van der Waals surface area contributed by atoms with Crippen molar-refractivity contribution in [1.82, 2.24) is 15.1 Å². The molecule has 0 spiro atoms. The van der Waals surface area contributed by atoms with Crippen molar-refractivity contribution in [2.45, 2.75) is 131 Å². The number of nitrogens with one attached hydrogen (secondary N) is 1. The van der Waals surface area contributed by atoms with Gasteiger partial charge >= 0.3 is 0 Å². The first-order chi connectivity index (χ1) is 16.1. The second-order valence-corrected chi connectivity index (χ2v) is 12.3. The molecule has 1 N–H and O–H groups in total. The Balaban J connectivity index is 0.000000256. The third kappa shape index (κ3) is 7.45. The molecule has 0 aromatic heterocycles. The van der Waals surface area contributed by atoms with Crippen LogP contribution in [0.2, 0.25) is 0 Å². The van der Waals surface area contributed by atoms with Gasteiger partial charge in [-0.1, -0.05) is 81.6 Å². The summed E-state index contributed by atoms with van der Waals surface area (Å²) in [5, 5.41) is 3.57. The molecule has 3 heteroatoms. The van der Waals surface area contributed by atoms with Gasteiger partial charge < -0.3 is 10.2 Å². The number of hydrogen-bond acceptors (Lipinski definition) is 3. The SMILES string of the molecule is CCC1(NC)C(C)CCCC1C.CCC1C(C)C(CC)N1C.CCC1CN(C)CC(CC)C1C. The molecular weight excluding hydrogens is 414 g/mol. The molecule has 6 unspecified atom stereocenters. The maximum atomic E-state index is 3.57. The van der Waals surface area contributed by atoms with E-state index in [1.165, 1.54) is 64.5 Å². The van der Waals surface area contributed by atoms with Crippen LogP contribution in [0.25, 0.3) is 0 Å². The highest BCUT2D eigenvalue weighted by Crippen LogP contribution is 2.40. The van der Waals surface area contributed by atoms with Gasteiger partial charge in [-0.2, -0.15) is 0 Å². The van der Waals surface area contributed by atoms with E-state index in [2.05, 4.69) is 98.6 Å². The minimum absolute atomic E-state index is 0.429. The lowest BCUT2D eigenvalue weighted by molar-refractivity contribution is -0.0281. The number of likely N-dealkylation sites (tertiary alicyclic amines) is 2. The molecule has 2 saturated heterocycles. The predicted octanol–water partition coefficient (Wildman–Crippen LogP) is 7.56. The van der Waals surface area contributed by atoms with Crippen LogP contribution in [0, 0.1) is 35.5 Å². The average Bonchev–Trinajstić information content (AvgIpc) is 2.82. The molecule has 3 aliphatic rings. The second-order valence-electron chi connectivity index (χ2n) is 12.3. The Hall–Kier alpha value is -0.120. The highest BCUT2D eigenvalue weighted by Gasteiger charge is 2.41. The maximum absolute atomic E-state index is 3.57. The highest BCUT2D eigenvalue weighted by atomic mass is 15.2. The van der Waals surface area contributed by atoms with E-state index in [-0.39, 0.29) is 0 Å². The number of rotatable bonds is 6. The molecule has 0 aromatic carbocycles. The van der Waals surface area contributed by atoms with Crippen LogP contribution in [0.1, 0.15) is 114 Å². The van der Waals surface area contributed by atoms with Gasteiger partial charge in [0.25, 0.3) is 0 Å². The van der Waals surface area contributed by atoms with Gasteiger partial charge in [0.15, 0.2) is 0 Å². The van der Waals surface area contributed by atoms with Crippen LogP contribution >= 0.6 is 0 Å². The van der Waals surface area contributed by atoms with E-state index in [0.717, 1.165) is 47.6 Å². The Bertz CT molecular complexity index is 483. The summed E-state index contributed by atoms with van der Waals surface area (Å²) in [4.78, 5) is 5.02. The van der Waals surface area contributed by atoms with Crippen molar-refractivity contribution in [2.24, 2.45) is 35.5 Å². The van der Waals surface area contributed by atoms with Gasteiger partial charge in [-0.25, -0.2) is 0 Å². The minimum atomic E-state index is 0.429. The molecule has 34 heavy (non-hydrogen) atoms. The fourth-order valence-electron chi connectivity index (χ4n) is 8.15. The molecule has 0 amide bonds. The Morgan fingerprint density at radius 1 is 0.706 bits per heavy atom. The topological polar surface area (TPSA) is 18.5 Å². The molecule has 0 aromatic rings. The monoisotopic (exact) mass is 480 g/mol. The summed E-state index contributed by atoms with van der Waals surface area (Å²) in [5.41, 5.74) is 0.429. The molecule has 0 radical (unpaired) electrons. The highest BCUT2D eigenvalue weighted by molar-refractivity contribution is 4.97. The Labute approximate surface area is 216 Å². The maximum Gasteiger partial charge on any atom is 0.0226 e. The molecule has 1 aliphatic carbocycles. The van der Waals surface area contributed by atoms with Crippen molar-refractivity contribution in [3.05, 3.63) is 0 Å². The number of hydrogen-bond donors (Lipinski definition) is 1. The van der Waals surface area contributed by atoms with E-state index in [1.54, 1.807) is 0 Å². The van der Waals surface area contributed by atoms with Crippen LogP contribution in [0.4, 0.5) is 0 Å². The Morgan fingerprint density at radius 3 is 1.41 bits per heavy atom. The summed E-state index contributed by atoms with van der Waals surface area (Å²) in [6.07, 6.45) is 10.8. The van der Waals surface area contributed by atoms with E-state index < -0.39 is 0 Å². The first-order valence-corrected chi connectivity index (χ1v) is 15.2. The van der Waals surface area contributed by atoms with E-state index in [4.69, 9.17) is 0 Å². The molecule has 6 atom stereocenters. The van der Waals surface area contributed by atoms with Gasteiger partial charge in [0.05, 0.1) is 0 Å². The minimum Gasteiger partial charge on any atom is -0.314 e. The molecule has 3 rings (SSSR count). The Morgan fingerprint density at radius 2 is 1.15 bits per heavy atom. The summed E-state index contributed by atoms with van der Waals surface area (Å²) in [6, 6.07) is 1.73. The van der Waals surface area contributed by atoms with E-state index >= 15 is 0 Å². The molecule has 0 bridgehead atoms. The zero-order valence-corrected chi connectivity index (χ0v) is 25.6. The van der Waals surface area contributed by atoms with Crippen molar-refractivity contribution >= 4 is 0 Å². The van der Waals surface area contributed by atoms with E-state index in [9.17, 15) is 0 Å². The van der Waals surface area contributed by atoms with Crippen molar-refractivity contribution in [3.63, 3.8) is 0 Å². The molecular formula is C31H65N3. The number of nitrogens with zero attached hydrogens (tertiary/aromatic N) is 2. The van der Waals surface area contributed by atoms with Crippen LogP contribution in [0.5, 0.6) is 0 Å². The third-order valence-corrected chi connectivity index (χ3v) is 10.8. The first kappa shape index (κ1) is 31.9. The van der Waals surface area contributed by atoms with E-state index in [1.807, 2.05) is 0 Å². The van der Waals surface area contributed by atoms with Gasteiger partial charge in [0, 0.05) is 30.7 Å². The van der Waals surface area contributed by atoms with Crippen LogP contribution < -0.4 is 5.32 Å². The zero-order valence-electron chi connectivity index (χ0n) is 25.6. The molecule has 1 saturated carbocycles. The van der Waals surface area contributed by atoms with Gasteiger partial charge in [0.1, 0.15) is 0 Å². The lowest BCUT2D eigenvalue weighted by Crippen LogP contribution is -2.60. The average molecular weight is 480 g/mol. The molecule has 2 aliphatic heterocycles. The first-order valence-electron chi connectivity index (χ1n) is 15.2. The molecule has 3 fully saturated rings. The number of piperidine rings is 1. The lowest BCUT2D eigenvalue weighted by Gasteiger charge is -2.52. The summed E-state index contributed by atoms with van der Waals surface area (Å²) in [7, 11) is 6.64.